The van der Waals surface area contributed by atoms with Crippen molar-refractivity contribution in [2.24, 2.45) is 0 Å². The van der Waals surface area contributed by atoms with Gasteiger partial charge in [0.25, 0.3) is 5.95 Å². The summed E-state index contributed by atoms with van der Waals surface area (Å²) in [6.07, 6.45) is 0. The zero-order chi connectivity index (χ0) is 9.52. The van der Waals surface area contributed by atoms with Crippen molar-refractivity contribution in [2.75, 3.05) is 0 Å². The van der Waals surface area contributed by atoms with Gasteiger partial charge in [-0.15, -0.1) is 0 Å². The molecule has 1 aromatic heterocycles. The summed E-state index contributed by atoms with van der Waals surface area (Å²) in [5.41, 5.74) is -0.708. The minimum atomic E-state index is -1.32. The van der Waals surface area contributed by atoms with E-state index in [0.717, 1.165) is 0 Å². The maximum absolute atomic E-state index is 12.8. The van der Waals surface area contributed by atoms with Gasteiger partial charge in [-0.2, -0.15) is 4.39 Å². The van der Waals surface area contributed by atoms with E-state index < -0.39 is 21.9 Å². The third-order valence-electron chi connectivity index (χ3n) is 1.39. The molecule has 0 saturated heterocycles. The highest BCUT2D eigenvalue weighted by Crippen LogP contribution is 2.23. The van der Waals surface area contributed by atoms with Gasteiger partial charge in [0.05, 0.1) is 0 Å². The quantitative estimate of drug-likeness (QED) is 0.603. The number of hydrogen-bond donors (Lipinski definition) is 0. The lowest BCUT2D eigenvalue weighted by atomic mass is 9.94. The minimum absolute atomic E-state index is 0.269. The van der Waals surface area contributed by atoms with Crippen LogP contribution in [0.2, 0.25) is 0 Å². The fourth-order valence-corrected chi connectivity index (χ4v) is 0.801. The molecule has 0 aliphatic rings. The highest BCUT2D eigenvalue weighted by atomic mass is 19.2. The predicted octanol–water partition coefficient (Wildman–Crippen LogP) is 1.61. The van der Waals surface area contributed by atoms with Crippen molar-refractivity contribution in [2.45, 2.75) is 26.2 Å². The molecule has 0 radical (unpaired) electrons. The van der Waals surface area contributed by atoms with Crippen molar-refractivity contribution < 1.29 is 13.3 Å². The van der Waals surface area contributed by atoms with Gasteiger partial charge in [0.1, 0.15) is 0 Å². The number of nitrogens with zero attached hydrogens (tertiary/aromatic N) is 1. The summed E-state index contributed by atoms with van der Waals surface area (Å²) in [5, 5.41) is 0. The van der Waals surface area contributed by atoms with Crippen LogP contribution in [-0.4, -0.2) is 4.79 Å². The molecule has 0 aliphatic carbocycles. The van der Waals surface area contributed by atoms with Gasteiger partial charge in [-0.1, -0.05) is 30.0 Å². The molecular weight excluding hydrogens is 168 g/mol. The van der Waals surface area contributed by atoms with Crippen LogP contribution >= 0.6 is 0 Å². The van der Waals surface area contributed by atoms with Gasteiger partial charge >= 0.3 is 5.76 Å². The molecule has 1 aromatic rings. The molecule has 0 N–H and O–H groups in total. The van der Waals surface area contributed by atoms with Crippen LogP contribution in [0.3, 0.4) is 0 Å². The van der Waals surface area contributed by atoms with E-state index in [1.165, 1.54) is 0 Å². The Hall–Kier alpha value is -1.13. The minimum Gasteiger partial charge on any atom is -0.407 e. The SMILES string of the molecule is CC(C)(C)c1oc(=O)n(F)c1F. The molecule has 68 valence electrons. The molecule has 1 heterocycles. The molecule has 0 bridgehead atoms. The maximum Gasteiger partial charge on any atom is 0.450 e. The molecule has 5 heteroatoms. The van der Waals surface area contributed by atoms with Crippen molar-refractivity contribution in [3.05, 3.63) is 22.3 Å². The summed E-state index contributed by atoms with van der Waals surface area (Å²) in [6.45, 7) is 4.86. The highest BCUT2D eigenvalue weighted by Gasteiger charge is 2.27. The summed E-state index contributed by atoms with van der Waals surface area (Å²) in [6, 6.07) is 0. The fraction of sp³-hybridized carbons (Fsp3) is 0.571. The average Bonchev–Trinajstić information content (AvgIpc) is 2.15. The molecule has 0 spiro atoms. The lowest BCUT2D eigenvalue weighted by molar-refractivity contribution is 0.273. The predicted molar refractivity (Wildman–Crippen MR) is 38.1 cm³/mol. The summed E-state index contributed by atoms with van der Waals surface area (Å²) >= 11 is 0. The topological polar surface area (TPSA) is 35.1 Å². The molecule has 0 amide bonds. The summed E-state index contributed by atoms with van der Waals surface area (Å²) in [7, 11) is 0. The Labute approximate surface area is 67.5 Å². The van der Waals surface area contributed by atoms with E-state index in [-0.39, 0.29) is 5.76 Å². The Morgan fingerprint density at radius 2 is 1.92 bits per heavy atom. The van der Waals surface area contributed by atoms with Crippen molar-refractivity contribution in [3.8, 4) is 0 Å². The molecule has 0 atom stereocenters. The Balaban J connectivity index is 3.38. The Morgan fingerprint density at radius 1 is 1.42 bits per heavy atom. The lowest BCUT2D eigenvalue weighted by Gasteiger charge is -2.12. The number of halogens is 2. The first kappa shape index (κ1) is 8.96. The van der Waals surface area contributed by atoms with Gasteiger partial charge in [-0.05, 0) is 0 Å². The van der Waals surface area contributed by atoms with Crippen LogP contribution in [0.4, 0.5) is 8.87 Å². The molecule has 0 aromatic carbocycles. The van der Waals surface area contributed by atoms with Gasteiger partial charge in [-0.25, -0.2) is 4.79 Å². The molecule has 12 heavy (non-hydrogen) atoms. The van der Waals surface area contributed by atoms with Crippen LogP contribution in [0.15, 0.2) is 9.21 Å². The molecular formula is C7H9F2NO2. The number of oxazole rings is 1. The Bertz CT molecular complexity index is 345. The molecule has 0 aliphatic heterocycles. The smallest absolute Gasteiger partial charge is 0.407 e. The van der Waals surface area contributed by atoms with Crippen LogP contribution < -0.4 is 5.76 Å². The highest BCUT2D eigenvalue weighted by molar-refractivity contribution is 5.06. The second kappa shape index (κ2) is 2.43. The first-order valence-corrected chi connectivity index (χ1v) is 3.42. The standard InChI is InChI=1S/C7H9F2NO2/c1-7(2,3)4-5(8)10(9)6(11)12-4/h1-3H3. The van der Waals surface area contributed by atoms with Gasteiger partial charge < -0.3 is 4.42 Å². The zero-order valence-corrected chi connectivity index (χ0v) is 7.02. The Morgan fingerprint density at radius 3 is 2.08 bits per heavy atom. The number of aromatic nitrogens is 1. The molecule has 0 unspecified atom stereocenters. The largest absolute Gasteiger partial charge is 0.450 e. The summed E-state index contributed by atoms with van der Waals surface area (Å²) in [5.74, 6) is -2.85. The summed E-state index contributed by atoms with van der Waals surface area (Å²) in [4.78, 5) is 9.85. The molecule has 1 rings (SSSR count). The van der Waals surface area contributed by atoms with Gasteiger partial charge in [0, 0.05) is 5.41 Å². The van der Waals surface area contributed by atoms with Crippen LogP contribution in [-0.2, 0) is 5.41 Å². The molecule has 0 saturated carbocycles. The maximum atomic E-state index is 12.8. The van der Waals surface area contributed by atoms with Gasteiger partial charge in [-0.3, -0.25) is 0 Å². The monoisotopic (exact) mass is 177 g/mol. The van der Waals surface area contributed by atoms with Crippen molar-refractivity contribution >= 4 is 0 Å². The van der Waals surface area contributed by atoms with Gasteiger partial charge in [0.15, 0.2) is 5.76 Å². The first-order valence-electron chi connectivity index (χ1n) is 3.42. The van der Waals surface area contributed by atoms with Crippen molar-refractivity contribution in [1.29, 1.82) is 0 Å². The summed E-state index contributed by atoms with van der Waals surface area (Å²) < 4.78 is 29.6. The van der Waals surface area contributed by atoms with E-state index in [0.29, 0.717) is 0 Å². The van der Waals surface area contributed by atoms with Crippen LogP contribution in [0.1, 0.15) is 26.5 Å². The van der Waals surface area contributed by atoms with E-state index >= 15 is 0 Å². The normalized spacial score (nSPS) is 12.1. The van der Waals surface area contributed by atoms with E-state index in [1.54, 1.807) is 20.8 Å². The van der Waals surface area contributed by atoms with E-state index in [1.807, 2.05) is 0 Å². The number of rotatable bonds is 0. The fourth-order valence-electron chi connectivity index (χ4n) is 0.801. The first-order chi connectivity index (χ1) is 5.34. The van der Waals surface area contributed by atoms with Crippen LogP contribution in [0, 0.1) is 5.95 Å². The second-order valence-electron chi connectivity index (χ2n) is 3.52. The lowest BCUT2D eigenvalue weighted by Crippen LogP contribution is -2.12. The van der Waals surface area contributed by atoms with Crippen molar-refractivity contribution in [3.63, 3.8) is 0 Å². The van der Waals surface area contributed by atoms with Crippen molar-refractivity contribution in [1.82, 2.24) is 4.79 Å². The van der Waals surface area contributed by atoms with E-state index in [9.17, 15) is 13.7 Å². The van der Waals surface area contributed by atoms with E-state index in [2.05, 4.69) is 4.42 Å². The van der Waals surface area contributed by atoms with Gasteiger partial charge in [0.2, 0.25) is 0 Å². The molecule has 0 fully saturated rings. The van der Waals surface area contributed by atoms with Crippen LogP contribution in [0.5, 0.6) is 0 Å². The zero-order valence-electron chi connectivity index (χ0n) is 7.02. The second-order valence-corrected chi connectivity index (χ2v) is 3.52. The Kier molecular flexibility index (Phi) is 1.82. The average molecular weight is 177 g/mol. The van der Waals surface area contributed by atoms with Crippen LogP contribution in [0.25, 0.3) is 0 Å². The molecule has 3 nitrogen and oxygen atoms in total. The third kappa shape index (κ3) is 1.26. The van der Waals surface area contributed by atoms with E-state index in [4.69, 9.17) is 0 Å². The number of hydrogen-bond acceptors (Lipinski definition) is 2. The third-order valence-corrected chi connectivity index (χ3v) is 1.39.